The zero-order valence-corrected chi connectivity index (χ0v) is 12.8. The van der Waals surface area contributed by atoms with E-state index in [-0.39, 0.29) is 12.6 Å². The largest absolute Gasteiger partial charge is 0.394 e. The molecule has 0 aromatic carbocycles. The fourth-order valence-corrected chi connectivity index (χ4v) is 3.19. The number of hydrogen-bond acceptors (Lipinski definition) is 7. The van der Waals surface area contributed by atoms with Crippen LogP contribution in [0, 0.1) is 5.92 Å². The van der Waals surface area contributed by atoms with Crippen LogP contribution in [-0.2, 0) is 0 Å². The monoisotopic (exact) mass is 292 g/mol. The van der Waals surface area contributed by atoms with Gasteiger partial charge in [0.2, 0.25) is 17.8 Å². The number of nitrogens with zero attached hydrogens (tertiary/aromatic N) is 5. The Hall–Kier alpha value is -1.63. The number of nitrogens with one attached hydrogen (secondary N) is 1. The highest BCUT2D eigenvalue weighted by atomic mass is 16.3. The predicted molar refractivity (Wildman–Crippen MR) is 82.8 cm³/mol. The van der Waals surface area contributed by atoms with Crippen LogP contribution in [0.4, 0.5) is 17.8 Å². The van der Waals surface area contributed by atoms with E-state index in [0.29, 0.717) is 17.8 Å². The van der Waals surface area contributed by atoms with Crippen molar-refractivity contribution >= 4 is 17.8 Å². The topological polar surface area (TPSA) is 77.4 Å². The average Bonchev–Trinajstić information content (AvgIpc) is 3.16. The summed E-state index contributed by atoms with van der Waals surface area (Å²) in [7, 11) is 1.82. The second-order valence-electron chi connectivity index (χ2n) is 5.91. The van der Waals surface area contributed by atoms with Gasteiger partial charge in [-0.25, -0.2) is 0 Å². The lowest BCUT2D eigenvalue weighted by Crippen LogP contribution is -2.37. The number of aliphatic hydroxyl groups excluding tert-OH is 1. The van der Waals surface area contributed by atoms with Crippen molar-refractivity contribution in [2.75, 3.05) is 48.4 Å². The SMILES string of the molecule is CNc1nc(N2CCCC2)nc(N2CCC(C)C2CO)n1. The van der Waals surface area contributed by atoms with Crippen LogP contribution in [0.25, 0.3) is 0 Å². The van der Waals surface area contributed by atoms with E-state index >= 15 is 0 Å². The third kappa shape index (κ3) is 2.74. The molecule has 0 bridgehead atoms. The van der Waals surface area contributed by atoms with Crippen molar-refractivity contribution in [1.82, 2.24) is 15.0 Å². The van der Waals surface area contributed by atoms with E-state index in [2.05, 4.69) is 37.0 Å². The van der Waals surface area contributed by atoms with Crippen LogP contribution in [0.2, 0.25) is 0 Å². The number of anilines is 3. The molecule has 1 aromatic heterocycles. The fourth-order valence-electron chi connectivity index (χ4n) is 3.19. The lowest BCUT2D eigenvalue weighted by atomic mass is 10.0. The molecule has 7 nitrogen and oxygen atoms in total. The maximum atomic E-state index is 9.64. The smallest absolute Gasteiger partial charge is 0.232 e. The van der Waals surface area contributed by atoms with Gasteiger partial charge in [0.25, 0.3) is 0 Å². The van der Waals surface area contributed by atoms with Gasteiger partial charge in [0, 0.05) is 26.7 Å². The minimum Gasteiger partial charge on any atom is -0.394 e. The Morgan fingerprint density at radius 1 is 1.14 bits per heavy atom. The van der Waals surface area contributed by atoms with E-state index in [1.807, 2.05) is 7.05 Å². The first-order chi connectivity index (χ1) is 10.2. The van der Waals surface area contributed by atoms with Gasteiger partial charge in [-0.3, -0.25) is 0 Å². The Morgan fingerprint density at radius 3 is 2.52 bits per heavy atom. The third-order valence-corrected chi connectivity index (χ3v) is 4.55. The molecule has 3 heterocycles. The standard InChI is InChI=1S/C14H24N6O/c1-10-5-8-20(11(10)9-21)14-17-12(15-2)16-13(18-14)19-6-3-4-7-19/h10-11,21H,3-9H2,1-2H3,(H,15,16,17,18). The van der Waals surface area contributed by atoms with Gasteiger partial charge in [-0.1, -0.05) is 6.92 Å². The first-order valence-electron chi connectivity index (χ1n) is 7.79. The van der Waals surface area contributed by atoms with Crippen LogP contribution < -0.4 is 15.1 Å². The third-order valence-electron chi connectivity index (χ3n) is 4.55. The van der Waals surface area contributed by atoms with Crippen LogP contribution in [0.5, 0.6) is 0 Å². The van der Waals surface area contributed by atoms with E-state index in [1.165, 1.54) is 12.8 Å². The molecule has 0 spiro atoms. The Morgan fingerprint density at radius 2 is 1.86 bits per heavy atom. The second kappa shape index (κ2) is 6.01. The normalized spacial score (nSPS) is 25.7. The average molecular weight is 292 g/mol. The molecule has 2 saturated heterocycles. The van der Waals surface area contributed by atoms with Gasteiger partial charge in [-0.15, -0.1) is 0 Å². The quantitative estimate of drug-likeness (QED) is 0.846. The highest BCUT2D eigenvalue weighted by molar-refractivity contribution is 5.46. The molecule has 0 aliphatic carbocycles. The summed E-state index contributed by atoms with van der Waals surface area (Å²) in [6.07, 6.45) is 3.44. The maximum Gasteiger partial charge on any atom is 0.232 e. The Bertz CT molecular complexity index is 490. The highest BCUT2D eigenvalue weighted by Gasteiger charge is 2.33. The molecule has 116 valence electrons. The molecule has 2 aliphatic heterocycles. The minimum atomic E-state index is 0.100. The number of aliphatic hydroxyl groups is 1. The molecule has 2 N–H and O–H groups in total. The van der Waals surface area contributed by atoms with Crippen LogP contribution in [0.3, 0.4) is 0 Å². The summed E-state index contributed by atoms with van der Waals surface area (Å²) in [5.41, 5.74) is 0. The summed E-state index contributed by atoms with van der Waals surface area (Å²) in [5, 5.41) is 12.7. The van der Waals surface area contributed by atoms with Crippen molar-refractivity contribution in [1.29, 1.82) is 0 Å². The Balaban J connectivity index is 1.92. The number of hydrogen-bond donors (Lipinski definition) is 2. The van der Waals surface area contributed by atoms with Crippen LogP contribution in [-0.4, -0.2) is 59.4 Å². The maximum absolute atomic E-state index is 9.64. The van der Waals surface area contributed by atoms with Crippen LogP contribution in [0.1, 0.15) is 26.2 Å². The molecule has 2 aliphatic rings. The van der Waals surface area contributed by atoms with Gasteiger partial charge in [0.05, 0.1) is 12.6 Å². The van der Waals surface area contributed by atoms with Crippen molar-refractivity contribution in [3.05, 3.63) is 0 Å². The second-order valence-corrected chi connectivity index (χ2v) is 5.91. The molecule has 3 rings (SSSR count). The van der Waals surface area contributed by atoms with E-state index in [4.69, 9.17) is 0 Å². The summed E-state index contributed by atoms with van der Waals surface area (Å²) in [4.78, 5) is 18.0. The van der Waals surface area contributed by atoms with Gasteiger partial charge in [-0.05, 0) is 25.2 Å². The van der Waals surface area contributed by atoms with Gasteiger partial charge in [0.1, 0.15) is 0 Å². The van der Waals surface area contributed by atoms with Crippen molar-refractivity contribution < 1.29 is 5.11 Å². The lowest BCUT2D eigenvalue weighted by molar-refractivity contribution is 0.244. The van der Waals surface area contributed by atoms with Crippen molar-refractivity contribution in [2.45, 2.75) is 32.2 Å². The van der Waals surface area contributed by atoms with E-state index < -0.39 is 0 Å². The fraction of sp³-hybridized carbons (Fsp3) is 0.786. The molecule has 21 heavy (non-hydrogen) atoms. The highest BCUT2D eigenvalue weighted by Crippen LogP contribution is 2.29. The molecule has 0 saturated carbocycles. The Labute approximate surface area is 125 Å². The van der Waals surface area contributed by atoms with Gasteiger partial charge in [-0.2, -0.15) is 15.0 Å². The van der Waals surface area contributed by atoms with Gasteiger partial charge in [0.15, 0.2) is 0 Å². The zero-order chi connectivity index (χ0) is 14.8. The molecule has 2 fully saturated rings. The Kier molecular flexibility index (Phi) is 4.10. The van der Waals surface area contributed by atoms with Gasteiger partial charge < -0.3 is 20.2 Å². The number of rotatable bonds is 4. The summed E-state index contributed by atoms with van der Waals surface area (Å²) >= 11 is 0. The molecule has 1 aromatic rings. The summed E-state index contributed by atoms with van der Waals surface area (Å²) in [6.45, 7) is 5.21. The molecule has 2 atom stereocenters. The first kappa shape index (κ1) is 14.3. The molecule has 0 amide bonds. The zero-order valence-electron chi connectivity index (χ0n) is 12.8. The van der Waals surface area contributed by atoms with E-state index in [9.17, 15) is 5.11 Å². The minimum absolute atomic E-state index is 0.100. The first-order valence-corrected chi connectivity index (χ1v) is 7.79. The molecule has 0 radical (unpaired) electrons. The molecule has 7 heteroatoms. The molecular weight excluding hydrogens is 268 g/mol. The summed E-state index contributed by atoms with van der Waals surface area (Å²) in [5.74, 6) is 2.48. The predicted octanol–water partition coefficient (Wildman–Crippen LogP) is 0.721. The van der Waals surface area contributed by atoms with Crippen molar-refractivity contribution in [3.8, 4) is 0 Å². The molecular formula is C14H24N6O. The van der Waals surface area contributed by atoms with Crippen LogP contribution >= 0.6 is 0 Å². The van der Waals surface area contributed by atoms with E-state index in [0.717, 1.165) is 32.0 Å². The van der Waals surface area contributed by atoms with E-state index in [1.54, 1.807) is 0 Å². The van der Waals surface area contributed by atoms with Crippen LogP contribution in [0.15, 0.2) is 0 Å². The van der Waals surface area contributed by atoms with Gasteiger partial charge >= 0.3 is 0 Å². The lowest BCUT2D eigenvalue weighted by Gasteiger charge is -2.26. The summed E-state index contributed by atoms with van der Waals surface area (Å²) in [6, 6.07) is 0.100. The van der Waals surface area contributed by atoms with Crippen molar-refractivity contribution in [2.24, 2.45) is 5.92 Å². The summed E-state index contributed by atoms with van der Waals surface area (Å²) < 4.78 is 0. The molecule has 2 unspecified atom stereocenters. The van der Waals surface area contributed by atoms with Crippen molar-refractivity contribution in [3.63, 3.8) is 0 Å². The number of aromatic nitrogens is 3.